The fourth-order valence-electron chi connectivity index (χ4n) is 0. The molecule has 60 valence electrons. The average molecular weight is 257 g/mol. The van der Waals surface area contributed by atoms with Crippen molar-refractivity contribution in [1.29, 1.82) is 0 Å². The van der Waals surface area contributed by atoms with Crippen LogP contribution in [0.5, 0.6) is 0 Å². The van der Waals surface area contributed by atoms with Crippen LogP contribution < -0.4 is 0 Å². The molecule has 0 aliphatic heterocycles. The summed E-state index contributed by atoms with van der Waals surface area (Å²) in [6.07, 6.45) is 0. The minimum atomic E-state index is -0.750. The molecule has 0 unspecified atom stereocenters. The molecule has 0 aliphatic carbocycles. The molecule has 0 rings (SSSR count). The van der Waals surface area contributed by atoms with Gasteiger partial charge in [-0.2, -0.15) is 0 Å². The van der Waals surface area contributed by atoms with Gasteiger partial charge in [-0.1, -0.05) is 69.6 Å². The lowest BCUT2D eigenvalue weighted by atomic mass is 11.9. The van der Waals surface area contributed by atoms with E-state index in [0.717, 1.165) is 0 Å². The van der Waals surface area contributed by atoms with Gasteiger partial charge >= 0.3 is 0 Å². The van der Waals surface area contributed by atoms with Crippen LogP contribution >= 0.6 is 69.6 Å². The predicted molar refractivity (Wildman–Crippen MR) is 46.3 cm³/mol. The summed E-state index contributed by atoms with van der Waals surface area (Å²) in [6, 6.07) is 0. The molecular weight excluding hydrogens is 253 g/mol. The summed E-state index contributed by atoms with van der Waals surface area (Å²) in [4.78, 5) is 0. The molecule has 0 saturated carbocycles. The molecule has 0 aliphatic rings. The number of rotatable bonds is 0. The number of hydrogen-bond acceptors (Lipinski definition) is 0. The van der Waals surface area contributed by atoms with Gasteiger partial charge in [-0.25, -0.2) is 0 Å². The van der Waals surface area contributed by atoms with Crippen molar-refractivity contribution in [2.24, 2.45) is 0 Å². The van der Waals surface area contributed by atoms with Gasteiger partial charge in [0.2, 0.25) is 0 Å². The first kappa shape index (κ1) is 17.0. The SMILES string of the molecule is ClC(Cl)Cl.ClC(Cl)Cl.O. The summed E-state index contributed by atoms with van der Waals surface area (Å²) >= 11 is 28.8. The largest absolute Gasteiger partial charge is 0.412 e. The van der Waals surface area contributed by atoms with Gasteiger partial charge in [-0.15, -0.1) is 0 Å². The first-order chi connectivity index (χ1) is 3.46. The van der Waals surface area contributed by atoms with E-state index in [1.807, 2.05) is 0 Å². The highest BCUT2D eigenvalue weighted by molar-refractivity contribution is 6.63. The van der Waals surface area contributed by atoms with Gasteiger partial charge in [-0.05, 0) is 0 Å². The van der Waals surface area contributed by atoms with Crippen molar-refractivity contribution in [2.45, 2.75) is 8.59 Å². The molecule has 7 heteroatoms. The van der Waals surface area contributed by atoms with E-state index >= 15 is 0 Å². The van der Waals surface area contributed by atoms with Crippen molar-refractivity contribution in [3.05, 3.63) is 0 Å². The standard InChI is InChI=1S/2CHCl3.H2O/c2*2-1(3)4;/h2*1H;1H2. The van der Waals surface area contributed by atoms with Crippen LogP contribution in [0.3, 0.4) is 0 Å². The van der Waals surface area contributed by atoms with Crippen molar-refractivity contribution in [3.63, 3.8) is 0 Å². The predicted octanol–water partition coefficient (Wildman–Crippen LogP) is 3.15. The third-order valence-corrected chi connectivity index (χ3v) is 0. The third kappa shape index (κ3) is 199. The van der Waals surface area contributed by atoms with Crippen LogP contribution in [0.4, 0.5) is 0 Å². The second-order valence-electron chi connectivity index (χ2n) is 0.495. The first-order valence-electron chi connectivity index (χ1n) is 1.31. The van der Waals surface area contributed by atoms with Crippen molar-refractivity contribution >= 4 is 69.6 Å². The molecule has 0 fully saturated rings. The Labute approximate surface area is 83.4 Å². The molecule has 9 heavy (non-hydrogen) atoms. The highest BCUT2D eigenvalue weighted by Gasteiger charge is 1.79. The summed E-state index contributed by atoms with van der Waals surface area (Å²) in [6.45, 7) is 0. The Bertz CT molecular complexity index is 26.5. The van der Waals surface area contributed by atoms with E-state index in [9.17, 15) is 0 Å². The van der Waals surface area contributed by atoms with Crippen LogP contribution in [0, 0.1) is 0 Å². The van der Waals surface area contributed by atoms with Gasteiger partial charge in [0.05, 0.1) is 0 Å². The summed E-state index contributed by atoms with van der Waals surface area (Å²) in [5.74, 6) is 0. The molecule has 1 nitrogen and oxygen atoms in total. The second-order valence-corrected chi connectivity index (χ2v) is 4.45. The lowest BCUT2D eigenvalue weighted by Crippen LogP contribution is -1.55. The Hall–Kier alpha value is 1.70. The molecule has 0 atom stereocenters. The van der Waals surface area contributed by atoms with E-state index in [-0.39, 0.29) is 5.48 Å². The van der Waals surface area contributed by atoms with Crippen molar-refractivity contribution in [3.8, 4) is 0 Å². The topological polar surface area (TPSA) is 31.5 Å². The van der Waals surface area contributed by atoms with Gasteiger partial charge in [-0.3, -0.25) is 0 Å². The quantitative estimate of drug-likeness (QED) is 0.597. The number of halogens is 6. The lowest BCUT2D eigenvalue weighted by Gasteiger charge is -1.69. The fraction of sp³-hybridized carbons (Fsp3) is 1.00. The van der Waals surface area contributed by atoms with Crippen LogP contribution in [-0.2, 0) is 0 Å². The Morgan fingerprint density at radius 1 is 0.556 bits per heavy atom. The van der Waals surface area contributed by atoms with E-state index in [0.29, 0.717) is 0 Å². The Balaban J connectivity index is -0.0000000720. The summed E-state index contributed by atoms with van der Waals surface area (Å²) in [5.41, 5.74) is 0. The normalized spacial score (nSPS) is 8.00. The van der Waals surface area contributed by atoms with Crippen LogP contribution in [0.15, 0.2) is 0 Å². The van der Waals surface area contributed by atoms with Crippen molar-refractivity contribution in [2.75, 3.05) is 0 Å². The zero-order valence-electron chi connectivity index (χ0n) is 3.92. The maximum absolute atomic E-state index is 4.81. The number of alkyl halides is 6. The van der Waals surface area contributed by atoms with Crippen molar-refractivity contribution in [1.82, 2.24) is 0 Å². The summed E-state index contributed by atoms with van der Waals surface area (Å²) in [5, 5.41) is 0. The van der Waals surface area contributed by atoms with Gasteiger partial charge in [0, 0.05) is 0 Å². The monoisotopic (exact) mass is 254 g/mol. The van der Waals surface area contributed by atoms with E-state index in [1.54, 1.807) is 0 Å². The first-order valence-corrected chi connectivity index (χ1v) is 3.93. The Kier molecular flexibility index (Phi) is 23.4. The molecule has 0 radical (unpaired) electrons. The van der Waals surface area contributed by atoms with Gasteiger partial charge < -0.3 is 5.48 Å². The molecule has 0 aromatic carbocycles. The van der Waals surface area contributed by atoms with E-state index in [1.165, 1.54) is 0 Å². The Morgan fingerprint density at radius 3 is 0.556 bits per heavy atom. The van der Waals surface area contributed by atoms with E-state index in [4.69, 9.17) is 69.6 Å². The number of hydrogen-bond donors (Lipinski definition) is 0. The molecule has 2 N–H and O–H groups in total. The molecule has 0 aromatic rings. The van der Waals surface area contributed by atoms with Crippen LogP contribution in [-0.4, -0.2) is 14.1 Å². The third-order valence-electron chi connectivity index (χ3n) is 0. The zero-order chi connectivity index (χ0) is 7.15. The minimum absolute atomic E-state index is 0. The smallest absolute Gasteiger partial charge is 0.180 e. The maximum atomic E-state index is 4.81. The van der Waals surface area contributed by atoms with E-state index < -0.39 is 8.59 Å². The molecular formula is C2H4Cl6O. The molecule has 0 aromatic heterocycles. The maximum Gasteiger partial charge on any atom is 0.180 e. The molecule has 0 bridgehead atoms. The second kappa shape index (κ2) is 12.4. The fourth-order valence-corrected chi connectivity index (χ4v) is 0. The van der Waals surface area contributed by atoms with Crippen LogP contribution in [0.1, 0.15) is 0 Å². The zero-order valence-corrected chi connectivity index (χ0v) is 8.46. The highest BCUT2D eigenvalue weighted by atomic mass is 35.6. The van der Waals surface area contributed by atoms with Crippen LogP contribution in [0.25, 0.3) is 0 Å². The van der Waals surface area contributed by atoms with Gasteiger partial charge in [0.1, 0.15) is 0 Å². The minimum Gasteiger partial charge on any atom is -0.412 e. The molecule has 0 amide bonds. The molecule has 0 spiro atoms. The summed E-state index contributed by atoms with van der Waals surface area (Å²) in [7, 11) is 0. The Morgan fingerprint density at radius 2 is 0.556 bits per heavy atom. The molecule has 0 saturated heterocycles. The highest BCUT2D eigenvalue weighted by Crippen LogP contribution is 2.04. The van der Waals surface area contributed by atoms with Gasteiger partial charge in [0.15, 0.2) is 8.59 Å². The van der Waals surface area contributed by atoms with E-state index in [2.05, 4.69) is 0 Å². The lowest BCUT2D eigenvalue weighted by molar-refractivity contribution is 0.824. The van der Waals surface area contributed by atoms with Crippen molar-refractivity contribution < 1.29 is 5.48 Å². The van der Waals surface area contributed by atoms with Gasteiger partial charge in [0.25, 0.3) is 0 Å². The average Bonchev–Trinajstić information content (AvgIpc) is 1.25. The summed E-state index contributed by atoms with van der Waals surface area (Å²) < 4.78 is -1.50. The molecule has 0 heterocycles. The van der Waals surface area contributed by atoms with Crippen LogP contribution in [0.2, 0.25) is 0 Å².